The molecular weight excluding hydrogens is 454 g/mol. The minimum Gasteiger partial charge on any atom is -0.399 e. The van der Waals surface area contributed by atoms with Gasteiger partial charge in [-0.2, -0.15) is 5.10 Å². The van der Waals surface area contributed by atoms with Crippen LogP contribution in [0.1, 0.15) is 12.5 Å². The second-order valence-electron chi connectivity index (χ2n) is 8.11. The second-order valence-corrected chi connectivity index (χ2v) is 8.11. The van der Waals surface area contributed by atoms with Crippen molar-refractivity contribution in [1.82, 2.24) is 4.57 Å². The van der Waals surface area contributed by atoms with Crippen LogP contribution in [-0.4, -0.2) is 22.3 Å². The van der Waals surface area contributed by atoms with Crippen LogP contribution in [0.4, 0.5) is 27.5 Å². The lowest BCUT2D eigenvalue weighted by molar-refractivity contribution is 0.262. The van der Waals surface area contributed by atoms with E-state index in [4.69, 9.17) is 22.2 Å². The van der Waals surface area contributed by atoms with Gasteiger partial charge in [-0.1, -0.05) is 12.1 Å². The molecule has 0 aliphatic rings. The van der Waals surface area contributed by atoms with E-state index in [1.54, 1.807) is 31.2 Å². The number of nitrogens with one attached hydrogen (secondary N) is 2. The molecule has 8 N–H and O–H groups in total. The van der Waals surface area contributed by atoms with Gasteiger partial charge in [0, 0.05) is 35.7 Å². The van der Waals surface area contributed by atoms with Crippen molar-refractivity contribution in [2.24, 2.45) is 33.7 Å². The van der Waals surface area contributed by atoms with E-state index in [2.05, 4.69) is 20.8 Å². The number of urea groups is 1. The summed E-state index contributed by atoms with van der Waals surface area (Å²) in [6.45, 7) is 1.78. The smallest absolute Gasteiger partial charge is 0.323 e. The van der Waals surface area contributed by atoms with E-state index in [0.717, 1.165) is 27.5 Å². The molecule has 0 bridgehead atoms. The summed E-state index contributed by atoms with van der Waals surface area (Å²) in [6.07, 6.45) is 1.96. The minimum atomic E-state index is -0.365. The van der Waals surface area contributed by atoms with Gasteiger partial charge in [-0.15, -0.1) is 5.10 Å². The number of carbonyl (C=O) groups is 1. The molecule has 0 radical (unpaired) electrons. The molecule has 0 unspecified atom stereocenters. The number of anilines is 3. The molecule has 36 heavy (non-hydrogen) atoms. The third kappa shape index (κ3) is 5.86. The quantitative estimate of drug-likeness (QED) is 0.127. The van der Waals surface area contributed by atoms with Crippen LogP contribution in [0.5, 0.6) is 0 Å². The number of benzene rings is 3. The number of fused-ring (bicyclic) bond motifs is 1. The average molecular weight is 482 g/mol. The predicted molar refractivity (Wildman–Crippen MR) is 146 cm³/mol. The van der Waals surface area contributed by atoms with Crippen molar-refractivity contribution < 1.29 is 4.79 Å². The van der Waals surface area contributed by atoms with Gasteiger partial charge < -0.3 is 32.4 Å². The Morgan fingerprint density at radius 2 is 1.50 bits per heavy atom. The highest BCUT2D eigenvalue weighted by molar-refractivity contribution is 6.01. The minimum absolute atomic E-state index is 0.112. The number of nitrogen functional groups attached to an aromatic ring is 1. The Kier molecular flexibility index (Phi) is 6.96. The summed E-state index contributed by atoms with van der Waals surface area (Å²) in [5.74, 6) is -0.112. The van der Waals surface area contributed by atoms with Gasteiger partial charge in [0.1, 0.15) is 0 Å². The first-order chi connectivity index (χ1) is 17.3. The van der Waals surface area contributed by atoms with E-state index in [-0.39, 0.29) is 12.0 Å². The first kappa shape index (κ1) is 24.0. The number of nitrogens with zero attached hydrogens (tertiary/aromatic N) is 4. The van der Waals surface area contributed by atoms with Crippen LogP contribution >= 0.6 is 0 Å². The first-order valence-electron chi connectivity index (χ1n) is 11.1. The zero-order valence-corrected chi connectivity index (χ0v) is 19.9. The summed E-state index contributed by atoms with van der Waals surface area (Å²) in [5.41, 5.74) is 21.8. The SMILES string of the molecule is CC(=NN=C(N)N)c1ccc(NC(=O)Nc2ccc(N=c3ccn(C)c4ccc(N)cc34)cc2)cc1. The monoisotopic (exact) mass is 481 g/mol. The molecule has 0 saturated carbocycles. The van der Waals surface area contributed by atoms with E-state index in [0.29, 0.717) is 22.8 Å². The maximum Gasteiger partial charge on any atom is 0.323 e. The molecule has 182 valence electrons. The molecule has 0 spiro atoms. The van der Waals surface area contributed by atoms with E-state index in [1.165, 1.54) is 0 Å². The van der Waals surface area contributed by atoms with Gasteiger partial charge in [-0.05, 0) is 73.2 Å². The number of guanidine groups is 1. The molecule has 0 aliphatic carbocycles. The first-order valence-corrected chi connectivity index (χ1v) is 11.1. The maximum absolute atomic E-state index is 12.4. The van der Waals surface area contributed by atoms with Crippen molar-refractivity contribution >= 4 is 51.4 Å². The summed E-state index contributed by atoms with van der Waals surface area (Å²) in [5, 5.41) is 15.0. The van der Waals surface area contributed by atoms with Gasteiger partial charge in [0.15, 0.2) is 0 Å². The molecular formula is C26H27N9O. The Hall–Kier alpha value is -5.12. The highest BCUT2D eigenvalue weighted by atomic mass is 16.2. The molecule has 0 aliphatic heterocycles. The lowest BCUT2D eigenvalue weighted by atomic mass is 10.1. The molecule has 10 nitrogen and oxygen atoms in total. The molecule has 4 aromatic rings. The van der Waals surface area contributed by atoms with E-state index in [1.807, 2.05) is 66.3 Å². The molecule has 0 saturated heterocycles. The topological polar surface area (TPSA) is 161 Å². The van der Waals surface area contributed by atoms with Gasteiger partial charge in [-0.25, -0.2) is 9.79 Å². The number of aryl methyl sites for hydroxylation is 1. The van der Waals surface area contributed by atoms with Crippen molar-refractivity contribution in [2.45, 2.75) is 6.92 Å². The van der Waals surface area contributed by atoms with E-state index in [9.17, 15) is 4.79 Å². The van der Waals surface area contributed by atoms with Crippen molar-refractivity contribution in [3.63, 3.8) is 0 Å². The van der Waals surface area contributed by atoms with Crippen molar-refractivity contribution in [3.8, 4) is 0 Å². The van der Waals surface area contributed by atoms with Crippen LogP contribution in [0, 0.1) is 0 Å². The summed E-state index contributed by atoms with van der Waals surface area (Å²) < 4.78 is 2.02. The third-order valence-corrected chi connectivity index (χ3v) is 5.38. The number of aromatic nitrogens is 1. The Labute approximate surface area is 207 Å². The molecule has 10 heteroatoms. The predicted octanol–water partition coefficient (Wildman–Crippen LogP) is 3.63. The molecule has 0 fully saturated rings. The summed E-state index contributed by atoms with van der Waals surface area (Å²) in [6, 6.07) is 21.8. The molecule has 0 atom stereocenters. The number of carbonyl (C=O) groups excluding carboxylic acids is 1. The van der Waals surface area contributed by atoms with Crippen LogP contribution in [-0.2, 0) is 7.05 Å². The van der Waals surface area contributed by atoms with Crippen LogP contribution in [0.25, 0.3) is 10.9 Å². The highest BCUT2D eigenvalue weighted by Gasteiger charge is 2.05. The Morgan fingerprint density at radius 1 is 0.861 bits per heavy atom. The molecule has 1 aromatic heterocycles. The van der Waals surface area contributed by atoms with E-state index < -0.39 is 0 Å². The summed E-state index contributed by atoms with van der Waals surface area (Å²) in [7, 11) is 1.98. The zero-order chi connectivity index (χ0) is 25.7. The van der Waals surface area contributed by atoms with Gasteiger partial charge in [-0.3, -0.25) is 0 Å². The van der Waals surface area contributed by atoms with Crippen LogP contribution in [0.3, 0.4) is 0 Å². The Morgan fingerprint density at radius 3 is 2.14 bits per heavy atom. The van der Waals surface area contributed by atoms with Crippen molar-refractivity contribution in [1.29, 1.82) is 0 Å². The van der Waals surface area contributed by atoms with Gasteiger partial charge >= 0.3 is 6.03 Å². The van der Waals surface area contributed by atoms with Crippen LogP contribution in [0.2, 0.25) is 0 Å². The van der Waals surface area contributed by atoms with Crippen molar-refractivity contribution in [3.05, 3.63) is 89.9 Å². The Balaban J connectivity index is 1.44. The Bertz CT molecular complexity index is 1530. The highest BCUT2D eigenvalue weighted by Crippen LogP contribution is 2.18. The number of hydrogen-bond acceptors (Lipinski definition) is 5. The number of amides is 2. The molecule has 1 heterocycles. The van der Waals surface area contributed by atoms with Crippen LogP contribution < -0.4 is 33.2 Å². The summed E-state index contributed by atoms with van der Waals surface area (Å²) in [4.78, 5) is 17.2. The fourth-order valence-electron chi connectivity index (χ4n) is 3.55. The van der Waals surface area contributed by atoms with Crippen molar-refractivity contribution in [2.75, 3.05) is 16.4 Å². The fraction of sp³-hybridized carbons (Fsp3) is 0.0769. The average Bonchev–Trinajstić information content (AvgIpc) is 2.86. The summed E-state index contributed by atoms with van der Waals surface area (Å²) >= 11 is 0. The molecule has 2 amide bonds. The van der Waals surface area contributed by atoms with E-state index >= 15 is 0 Å². The van der Waals surface area contributed by atoms with Gasteiger partial charge in [0.2, 0.25) is 5.96 Å². The number of pyridine rings is 1. The van der Waals surface area contributed by atoms with Gasteiger partial charge in [0.05, 0.1) is 22.3 Å². The van der Waals surface area contributed by atoms with Gasteiger partial charge in [0.25, 0.3) is 0 Å². The fourth-order valence-corrected chi connectivity index (χ4v) is 3.55. The number of hydrogen-bond donors (Lipinski definition) is 5. The second kappa shape index (κ2) is 10.4. The lowest BCUT2D eigenvalue weighted by Crippen LogP contribution is -2.22. The normalized spacial score (nSPS) is 11.8. The number of rotatable bonds is 5. The molecule has 4 rings (SSSR count). The third-order valence-electron chi connectivity index (χ3n) is 5.38. The largest absolute Gasteiger partial charge is 0.399 e. The lowest BCUT2D eigenvalue weighted by Gasteiger charge is -2.09. The molecule has 3 aromatic carbocycles. The zero-order valence-electron chi connectivity index (χ0n) is 19.9. The maximum atomic E-state index is 12.4. The van der Waals surface area contributed by atoms with Crippen LogP contribution in [0.15, 0.2) is 94.2 Å². The number of nitrogens with two attached hydrogens (primary N) is 3. The standard InChI is InChI=1S/C26H27N9O/c1-16(33-34-25(28)29)17-3-6-20(7-4-17)31-26(36)32-21-10-8-19(9-11-21)30-23-13-14-35(2)24-12-5-18(27)15-22(23)24/h3-15H,27H2,1-2H3,(H4,28,29,34)(H2,31,32,36).